The number of amides is 1. The zero-order valence-corrected chi connectivity index (χ0v) is 17.7. The minimum absolute atomic E-state index is 0.189. The van der Waals surface area contributed by atoms with E-state index in [-0.39, 0.29) is 18.1 Å². The maximum absolute atomic E-state index is 13.4. The van der Waals surface area contributed by atoms with Crippen molar-refractivity contribution in [2.45, 2.75) is 18.9 Å². The van der Waals surface area contributed by atoms with E-state index >= 15 is 0 Å². The largest absolute Gasteiger partial charge is 0.467 e. The highest BCUT2D eigenvalue weighted by Gasteiger charge is 2.24. The fourth-order valence-corrected chi connectivity index (χ4v) is 4.38. The summed E-state index contributed by atoms with van der Waals surface area (Å²) in [5.74, 6) is -1.06. The number of thiophene rings is 1. The fourth-order valence-electron chi connectivity index (χ4n) is 3.61. The number of aryl methyl sites for hydroxylation is 1. The van der Waals surface area contributed by atoms with Gasteiger partial charge in [0.1, 0.15) is 5.82 Å². The predicted molar refractivity (Wildman–Crippen MR) is 119 cm³/mol. The number of aromatic amines is 1. The molecule has 1 amide bonds. The summed E-state index contributed by atoms with van der Waals surface area (Å²) in [6, 6.07) is 16.9. The van der Waals surface area contributed by atoms with E-state index in [0.717, 1.165) is 32.6 Å². The Labute approximate surface area is 182 Å². The van der Waals surface area contributed by atoms with Gasteiger partial charge >= 0.3 is 5.97 Å². The quantitative estimate of drug-likeness (QED) is 0.401. The fraction of sp³-hybridized carbons (Fsp3) is 0.167. The van der Waals surface area contributed by atoms with Crippen molar-refractivity contribution in [1.29, 1.82) is 0 Å². The molecule has 0 saturated heterocycles. The average molecular weight is 437 g/mol. The molecular formula is C24H21FN2O3S. The Hall–Kier alpha value is -3.45. The molecule has 0 aliphatic heterocycles. The number of para-hydroxylation sites is 1. The molecule has 0 aliphatic rings. The van der Waals surface area contributed by atoms with Crippen LogP contribution in [0, 0.1) is 5.82 Å². The maximum Gasteiger partial charge on any atom is 0.333 e. The van der Waals surface area contributed by atoms with Crippen molar-refractivity contribution < 1.29 is 18.7 Å². The Kier molecular flexibility index (Phi) is 6.13. The highest BCUT2D eigenvalue weighted by molar-refractivity contribution is 7.10. The van der Waals surface area contributed by atoms with Crippen LogP contribution >= 0.6 is 11.3 Å². The van der Waals surface area contributed by atoms with Crippen molar-refractivity contribution in [2.75, 3.05) is 7.11 Å². The number of hydrogen-bond donors (Lipinski definition) is 2. The molecule has 31 heavy (non-hydrogen) atoms. The van der Waals surface area contributed by atoms with Crippen LogP contribution in [0.5, 0.6) is 0 Å². The van der Waals surface area contributed by atoms with Gasteiger partial charge in [-0.2, -0.15) is 0 Å². The molecule has 0 bridgehead atoms. The first-order valence-corrected chi connectivity index (χ1v) is 10.7. The summed E-state index contributed by atoms with van der Waals surface area (Å²) in [5, 5.41) is 5.64. The standard InChI is InChI=1S/C24H21FN2O3S/c1-30-24(29)23(20-7-4-14-31-20)27-21(28)13-12-18-17-5-2-3-6-19(17)26-22(18)15-8-10-16(25)11-9-15/h2-11,14,23,26H,12-13H2,1H3,(H,27,28). The van der Waals surface area contributed by atoms with Gasteiger partial charge in [-0.3, -0.25) is 4.79 Å². The number of methoxy groups -OCH3 is 1. The Morgan fingerprint density at radius 2 is 1.87 bits per heavy atom. The van der Waals surface area contributed by atoms with E-state index in [9.17, 15) is 14.0 Å². The highest BCUT2D eigenvalue weighted by atomic mass is 32.1. The van der Waals surface area contributed by atoms with Gasteiger partial charge in [0.15, 0.2) is 6.04 Å². The molecule has 0 radical (unpaired) electrons. The van der Waals surface area contributed by atoms with Crippen LogP contribution in [0.15, 0.2) is 66.0 Å². The lowest BCUT2D eigenvalue weighted by molar-refractivity contribution is -0.145. The monoisotopic (exact) mass is 436 g/mol. The number of hydrogen-bond acceptors (Lipinski definition) is 4. The molecule has 2 heterocycles. The first kappa shape index (κ1) is 20.8. The van der Waals surface area contributed by atoms with Crippen molar-refractivity contribution in [3.63, 3.8) is 0 Å². The van der Waals surface area contributed by atoms with Gasteiger partial charge in [0.05, 0.1) is 7.11 Å². The Morgan fingerprint density at radius 3 is 2.58 bits per heavy atom. The molecule has 2 aromatic carbocycles. The number of aromatic nitrogens is 1. The third-order valence-electron chi connectivity index (χ3n) is 5.12. The van der Waals surface area contributed by atoms with Crippen molar-refractivity contribution in [3.8, 4) is 11.3 Å². The lowest BCUT2D eigenvalue weighted by Crippen LogP contribution is -2.34. The minimum Gasteiger partial charge on any atom is -0.467 e. The van der Waals surface area contributed by atoms with E-state index < -0.39 is 12.0 Å². The van der Waals surface area contributed by atoms with E-state index in [1.165, 1.54) is 30.6 Å². The van der Waals surface area contributed by atoms with Crippen LogP contribution in [0.1, 0.15) is 22.9 Å². The number of fused-ring (bicyclic) bond motifs is 1. The van der Waals surface area contributed by atoms with Gasteiger partial charge in [-0.1, -0.05) is 24.3 Å². The second-order valence-electron chi connectivity index (χ2n) is 7.07. The second-order valence-corrected chi connectivity index (χ2v) is 8.05. The van der Waals surface area contributed by atoms with E-state index in [2.05, 4.69) is 10.3 Å². The summed E-state index contributed by atoms with van der Waals surface area (Å²) in [7, 11) is 1.30. The molecule has 4 rings (SSSR count). The van der Waals surface area contributed by atoms with E-state index in [1.54, 1.807) is 18.2 Å². The van der Waals surface area contributed by atoms with Crippen molar-refractivity contribution in [1.82, 2.24) is 10.3 Å². The van der Waals surface area contributed by atoms with Gasteiger partial charge in [-0.25, -0.2) is 9.18 Å². The summed E-state index contributed by atoms with van der Waals surface area (Å²) >= 11 is 1.38. The van der Waals surface area contributed by atoms with Gasteiger partial charge in [-0.15, -0.1) is 11.3 Å². The van der Waals surface area contributed by atoms with Crippen LogP contribution in [0.4, 0.5) is 4.39 Å². The number of H-pyrrole nitrogens is 1. The number of nitrogens with one attached hydrogen (secondary N) is 2. The zero-order chi connectivity index (χ0) is 21.8. The number of esters is 1. The molecule has 158 valence electrons. The minimum atomic E-state index is -0.822. The average Bonchev–Trinajstić information content (AvgIpc) is 3.44. The first-order chi connectivity index (χ1) is 15.1. The summed E-state index contributed by atoms with van der Waals surface area (Å²) in [6.45, 7) is 0. The highest BCUT2D eigenvalue weighted by Crippen LogP contribution is 2.31. The van der Waals surface area contributed by atoms with Gasteiger partial charge in [0.25, 0.3) is 0 Å². The molecule has 5 nitrogen and oxygen atoms in total. The lowest BCUT2D eigenvalue weighted by atomic mass is 10.0. The van der Waals surface area contributed by atoms with E-state index in [0.29, 0.717) is 6.42 Å². The molecule has 0 aliphatic carbocycles. The molecule has 1 unspecified atom stereocenters. The number of ether oxygens (including phenoxy) is 1. The van der Waals surface area contributed by atoms with Gasteiger partial charge in [0, 0.05) is 27.9 Å². The number of benzene rings is 2. The summed E-state index contributed by atoms with van der Waals surface area (Å²) in [4.78, 5) is 29.0. The van der Waals surface area contributed by atoms with Gasteiger partial charge in [-0.05, 0) is 59.3 Å². The molecule has 4 aromatic rings. The Bertz CT molecular complexity index is 1200. The van der Waals surface area contributed by atoms with Crippen LogP contribution < -0.4 is 5.32 Å². The van der Waals surface area contributed by atoms with Crippen molar-refractivity contribution in [3.05, 3.63) is 82.3 Å². The SMILES string of the molecule is COC(=O)C(NC(=O)CCc1c(-c2ccc(F)cc2)[nH]c2ccccc12)c1cccs1. The second kappa shape index (κ2) is 9.14. The number of rotatable bonds is 7. The molecule has 2 aromatic heterocycles. The topological polar surface area (TPSA) is 71.2 Å². The van der Waals surface area contributed by atoms with Crippen LogP contribution in [0.25, 0.3) is 22.2 Å². The molecule has 0 saturated carbocycles. The third kappa shape index (κ3) is 4.51. The third-order valence-corrected chi connectivity index (χ3v) is 6.06. The van der Waals surface area contributed by atoms with Crippen LogP contribution in [0.3, 0.4) is 0 Å². The normalized spacial score (nSPS) is 11.9. The molecule has 0 spiro atoms. The molecule has 1 atom stereocenters. The van der Waals surface area contributed by atoms with E-state index in [1.807, 2.05) is 35.7 Å². The molecule has 2 N–H and O–H groups in total. The Balaban J connectivity index is 1.57. The lowest BCUT2D eigenvalue weighted by Gasteiger charge is -2.15. The van der Waals surface area contributed by atoms with Gasteiger partial charge < -0.3 is 15.0 Å². The number of carbonyl (C=O) groups is 2. The summed E-state index contributed by atoms with van der Waals surface area (Å²) < 4.78 is 18.2. The molecular weight excluding hydrogens is 415 g/mol. The smallest absolute Gasteiger partial charge is 0.333 e. The summed E-state index contributed by atoms with van der Waals surface area (Å²) in [5.41, 5.74) is 3.63. The molecule has 7 heteroatoms. The van der Waals surface area contributed by atoms with Crippen LogP contribution in [-0.2, 0) is 20.7 Å². The van der Waals surface area contributed by atoms with Crippen molar-refractivity contribution in [2.24, 2.45) is 0 Å². The van der Waals surface area contributed by atoms with Crippen LogP contribution in [-0.4, -0.2) is 24.0 Å². The summed E-state index contributed by atoms with van der Waals surface area (Å²) in [6.07, 6.45) is 0.649. The van der Waals surface area contributed by atoms with Gasteiger partial charge in [0.2, 0.25) is 5.91 Å². The van der Waals surface area contributed by atoms with Crippen molar-refractivity contribution >= 4 is 34.1 Å². The predicted octanol–water partition coefficient (Wildman–Crippen LogP) is 5.00. The zero-order valence-electron chi connectivity index (χ0n) is 16.9. The van der Waals surface area contributed by atoms with Crippen LogP contribution in [0.2, 0.25) is 0 Å². The Morgan fingerprint density at radius 1 is 1.10 bits per heavy atom. The molecule has 0 fully saturated rings. The number of carbonyl (C=O) groups excluding carboxylic acids is 2. The first-order valence-electron chi connectivity index (χ1n) is 9.83. The maximum atomic E-state index is 13.4. The van der Waals surface area contributed by atoms with E-state index in [4.69, 9.17) is 4.74 Å². The number of halogens is 1.